The number of thiocarbonyl (C=S) groups is 1. The lowest BCUT2D eigenvalue weighted by Crippen LogP contribution is -2.47. The van der Waals surface area contributed by atoms with Gasteiger partial charge in [0.2, 0.25) is 4.38 Å². The monoisotopic (exact) mass is 326 g/mol. The Kier molecular flexibility index (Phi) is 6.76. The van der Waals surface area contributed by atoms with Gasteiger partial charge in [-0.1, -0.05) is 0 Å². The molecule has 4 nitrogen and oxygen atoms in total. The van der Waals surface area contributed by atoms with Crippen LogP contribution < -0.4 is 4.90 Å². The average molecular weight is 326 g/mol. The van der Waals surface area contributed by atoms with Crippen LogP contribution in [0.1, 0.15) is 6.92 Å². The van der Waals surface area contributed by atoms with Gasteiger partial charge in [0.25, 0.3) is 0 Å². The number of ether oxygens (including phenoxy) is 1. The van der Waals surface area contributed by atoms with E-state index in [0.29, 0.717) is 11.0 Å². The molecule has 2 rings (SSSR count). The second-order valence-corrected chi connectivity index (χ2v) is 6.51. The Morgan fingerprint density at radius 3 is 2.48 bits per heavy atom. The predicted octanol–water partition coefficient (Wildman–Crippen LogP) is 2.21. The molecule has 0 atom stereocenters. The second-order valence-electron chi connectivity index (χ2n) is 4.83. The van der Waals surface area contributed by atoms with Gasteiger partial charge in [-0.25, -0.2) is 0 Å². The molecule has 1 fully saturated rings. The molecule has 1 heterocycles. The minimum atomic E-state index is 0.242. The van der Waals surface area contributed by atoms with Crippen LogP contribution in [0.5, 0.6) is 0 Å². The van der Waals surface area contributed by atoms with Gasteiger partial charge in [-0.05, 0) is 55.2 Å². The molecule has 0 spiro atoms. The van der Waals surface area contributed by atoms with Crippen LogP contribution >= 0.6 is 24.0 Å². The maximum Gasteiger partial charge on any atom is 0.224 e. The zero-order valence-corrected chi connectivity index (χ0v) is 14.0. The quantitative estimate of drug-likeness (QED) is 0.660. The van der Waals surface area contributed by atoms with E-state index in [2.05, 4.69) is 34.1 Å². The van der Waals surface area contributed by atoms with E-state index in [4.69, 9.17) is 22.1 Å². The summed E-state index contributed by atoms with van der Waals surface area (Å²) in [5.74, 6) is 0. The summed E-state index contributed by atoms with van der Waals surface area (Å²) < 4.78 is 5.86. The van der Waals surface area contributed by atoms with E-state index < -0.39 is 0 Å². The largest absolute Gasteiger partial charge is 0.479 e. The third-order valence-corrected chi connectivity index (χ3v) is 4.61. The molecule has 0 amide bonds. The molecule has 0 unspecified atom stereocenters. The number of piperazine rings is 1. The van der Waals surface area contributed by atoms with Crippen molar-refractivity contribution in [3.63, 3.8) is 0 Å². The zero-order chi connectivity index (χ0) is 15.1. The number of aliphatic hydroxyl groups is 1. The number of hydrogen-bond acceptors (Lipinski definition) is 6. The summed E-state index contributed by atoms with van der Waals surface area (Å²) in [4.78, 5) is 5.78. The number of β-amino-alcohol motifs (C(OH)–C–C–N with tert-alkyl or cyclic N) is 1. The van der Waals surface area contributed by atoms with Crippen molar-refractivity contribution in [2.45, 2.75) is 11.8 Å². The number of aliphatic hydroxyl groups excluding tert-OH is 1. The van der Waals surface area contributed by atoms with Crippen LogP contribution in [-0.4, -0.2) is 60.3 Å². The summed E-state index contributed by atoms with van der Waals surface area (Å²) in [6, 6.07) is 8.45. The highest BCUT2D eigenvalue weighted by Crippen LogP contribution is 2.24. The third kappa shape index (κ3) is 5.14. The van der Waals surface area contributed by atoms with Gasteiger partial charge in [0, 0.05) is 43.3 Å². The average Bonchev–Trinajstić information content (AvgIpc) is 2.49. The van der Waals surface area contributed by atoms with Gasteiger partial charge in [-0.2, -0.15) is 0 Å². The Morgan fingerprint density at radius 2 is 1.90 bits per heavy atom. The molecule has 1 aliphatic rings. The first-order valence-electron chi connectivity index (χ1n) is 7.25. The van der Waals surface area contributed by atoms with Crippen molar-refractivity contribution < 1.29 is 9.84 Å². The number of rotatable bonds is 5. The van der Waals surface area contributed by atoms with Gasteiger partial charge in [0.15, 0.2) is 0 Å². The molecule has 1 N–H and O–H groups in total. The lowest BCUT2D eigenvalue weighted by Gasteiger charge is -2.35. The van der Waals surface area contributed by atoms with E-state index in [1.54, 1.807) is 0 Å². The summed E-state index contributed by atoms with van der Waals surface area (Å²) in [5.41, 5.74) is 1.24. The summed E-state index contributed by atoms with van der Waals surface area (Å²) in [7, 11) is 0. The number of thioether (sulfide) groups is 1. The van der Waals surface area contributed by atoms with Gasteiger partial charge in [-0.15, -0.1) is 0 Å². The number of anilines is 1. The highest BCUT2D eigenvalue weighted by Gasteiger charge is 2.16. The Balaban J connectivity index is 1.86. The molecule has 21 heavy (non-hydrogen) atoms. The molecule has 1 saturated heterocycles. The lowest BCUT2D eigenvalue weighted by molar-refractivity contribution is 0.189. The lowest BCUT2D eigenvalue weighted by atomic mass is 10.2. The Bertz CT molecular complexity index is 445. The third-order valence-electron chi connectivity index (χ3n) is 3.45. The molecule has 1 aromatic rings. The Labute approximate surface area is 136 Å². The van der Waals surface area contributed by atoms with Crippen molar-refractivity contribution in [2.75, 3.05) is 50.8 Å². The fourth-order valence-electron chi connectivity index (χ4n) is 2.34. The van der Waals surface area contributed by atoms with Crippen LogP contribution in [0.2, 0.25) is 0 Å². The minimum Gasteiger partial charge on any atom is -0.479 e. The standard InChI is InChI=1S/C15H22N2O2S2/c1-2-19-15(20)21-14-5-3-13(4-6-14)17-9-7-16(8-10-17)11-12-18/h3-6,18H,2,7-12H2,1H3. The fourth-order valence-corrected chi connectivity index (χ4v) is 3.39. The van der Waals surface area contributed by atoms with Crippen LogP contribution in [0.15, 0.2) is 29.2 Å². The number of benzene rings is 1. The zero-order valence-electron chi connectivity index (χ0n) is 12.3. The van der Waals surface area contributed by atoms with Crippen molar-refractivity contribution in [1.29, 1.82) is 0 Å². The summed E-state index contributed by atoms with van der Waals surface area (Å²) in [6.45, 7) is 7.59. The SMILES string of the molecule is CCOC(=S)Sc1ccc(N2CCN(CCO)CC2)cc1. The smallest absolute Gasteiger partial charge is 0.224 e. The molecule has 0 aliphatic carbocycles. The molecule has 1 aromatic carbocycles. The van der Waals surface area contributed by atoms with Gasteiger partial charge in [-0.3, -0.25) is 4.90 Å². The predicted molar refractivity (Wildman–Crippen MR) is 92.3 cm³/mol. The minimum absolute atomic E-state index is 0.242. The first-order valence-corrected chi connectivity index (χ1v) is 8.48. The van der Waals surface area contributed by atoms with Crippen LogP contribution in [0.3, 0.4) is 0 Å². The topological polar surface area (TPSA) is 35.9 Å². The first-order chi connectivity index (χ1) is 10.2. The number of nitrogens with zero attached hydrogens (tertiary/aromatic N) is 2. The van der Waals surface area contributed by atoms with E-state index in [0.717, 1.165) is 37.6 Å². The van der Waals surface area contributed by atoms with Crippen LogP contribution in [-0.2, 0) is 4.74 Å². The molecule has 6 heteroatoms. The maximum atomic E-state index is 8.96. The molecule has 0 aromatic heterocycles. The van der Waals surface area contributed by atoms with Crippen LogP contribution in [0.4, 0.5) is 5.69 Å². The van der Waals surface area contributed by atoms with E-state index in [9.17, 15) is 0 Å². The molecule has 116 valence electrons. The van der Waals surface area contributed by atoms with Crippen LogP contribution in [0.25, 0.3) is 0 Å². The summed E-state index contributed by atoms with van der Waals surface area (Å²) in [5, 5.41) is 8.96. The molecule has 0 bridgehead atoms. The summed E-state index contributed by atoms with van der Waals surface area (Å²) >= 11 is 6.62. The van der Waals surface area contributed by atoms with Gasteiger partial charge >= 0.3 is 0 Å². The summed E-state index contributed by atoms with van der Waals surface area (Å²) in [6.07, 6.45) is 0. The van der Waals surface area contributed by atoms with E-state index in [1.165, 1.54) is 17.4 Å². The van der Waals surface area contributed by atoms with Crippen molar-refractivity contribution in [3.8, 4) is 0 Å². The normalized spacial score (nSPS) is 16.0. The van der Waals surface area contributed by atoms with Crippen molar-refractivity contribution in [2.24, 2.45) is 0 Å². The van der Waals surface area contributed by atoms with Crippen LogP contribution in [0, 0.1) is 0 Å². The number of hydrogen-bond donors (Lipinski definition) is 1. The molecule has 0 radical (unpaired) electrons. The highest BCUT2D eigenvalue weighted by molar-refractivity contribution is 8.22. The fraction of sp³-hybridized carbons (Fsp3) is 0.533. The van der Waals surface area contributed by atoms with E-state index in [-0.39, 0.29) is 6.61 Å². The molecule has 1 aliphatic heterocycles. The maximum absolute atomic E-state index is 8.96. The van der Waals surface area contributed by atoms with E-state index >= 15 is 0 Å². The Morgan fingerprint density at radius 1 is 1.24 bits per heavy atom. The van der Waals surface area contributed by atoms with Gasteiger partial charge < -0.3 is 14.7 Å². The molecular weight excluding hydrogens is 304 g/mol. The molecule has 0 saturated carbocycles. The second kappa shape index (κ2) is 8.58. The Hall–Kier alpha value is -0.820. The first kappa shape index (κ1) is 16.5. The van der Waals surface area contributed by atoms with Gasteiger partial charge in [0.05, 0.1) is 13.2 Å². The van der Waals surface area contributed by atoms with Gasteiger partial charge in [0.1, 0.15) is 0 Å². The van der Waals surface area contributed by atoms with E-state index in [1.807, 2.05) is 6.92 Å². The van der Waals surface area contributed by atoms with Crippen molar-refractivity contribution >= 4 is 34.0 Å². The van der Waals surface area contributed by atoms with Crippen molar-refractivity contribution in [1.82, 2.24) is 4.90 Å². The van der Waals surface area contributed by atoms with Crippen molar-refractivity contribution in [3.05, 3.63) is 24.3 Å². The molecular formula is C15H22N2O2S2. The highest BCUT2D eigenvalue weighted by atomic mass is 32.2.